The van der Waals surface area contributed by atoms with Gasteiger partial charge in [0.05, 0.1) is 24.9 Å². The molecule has 1 aliphatic rings. The Hall–Kier alpha value is -2.77. The number of aromatic nitrogens is 4. The van der Waals surface area contributed by atoms with Gasteiger partial charge < -0.3 is 15.4 Å². The van der Waals surface area contributed by atoms with Gasteiger partial charge in [-0.25, -0.2) is 0 Å². The largest absolute Gasteiger partial charge is 0.378 e. The Bertz CT molecular complexity index is 811. The molecule has 1 unspecified atom stereocenters. The Kier molecular flexibility index (Phi) is 4.41. The summed E-state index contributed by atoms with van der Waals surface area (Å²) in [5.74, 6) is 0.616. The summed E-state index contributed by atoms with van der Waals surface area (Å²) in [5, 5.41) is 12.0. The van der Waals surface area contributed by atoms with Crippen LogP contribution in [0.4, 0.5) is 5.69 Å². The summed E-state index contributed by atoms with van der Waals surface area (Å²) < 4.78 is 7.08. The number of hydrogen-bond acceptors (Lipinski definition) is 6. The fourth-order valence-corrected chi connectivity index (χ4v) is 3.00. The molecule has 128 valence electrons. The molecule has 1 saturated heterocycles. The Balaban J connectivity index is 1.57. The van der Waals surface area contributed by atoms with Crippen LogP contribution in [0.25, 0.3) is 5.69 Å². The summed E-state index contributed by atoms with van der Waals surface area (Å²) in [5.41, 5.74) is 9.48. The van der Waals surface area contributed by atoms with Gasteiger partial charge in [-0.3, -0.25) is 0 Å². The van der Waals surface area contributed by atoms with Crippen LogP contribution >= 0.6 is 0 Å². The van der Waals surface area contributed by atoms with Gasteiger partial charge in [-0.2, -0.15) is 4.68 Å². The van der Waals surface area contributed by atoms with Gasteiger partial charge in [0.2, 0.25) is 0 Å². The van der Waals surface area contributed by atoms with Gasteiger partial charge in [-0.05, 0) is 40.3 Å². The molecule has 1 fully saturated rings. The lowest BCUT2D eigenvalue weighted by Gasteiger charge is -2.29. The molecule has 0 amide bonds. The van der Waals surface area contributed by atoms with Gasteiger partial charge in [-0.15, -0.1) is 5.10 Å². The van der Waals surface area contributed by atoms with Crippen LogP contribution in [0.2, 0.25) is 0 Å². The summed E-state index contributed by atoms with van der Waals surface area (Å²) in [4.78, 5) is 2.31. The van der Waals surface area contributed by atoms with Crippen LogP contribution in [0, 0.1) is 0 Å². The van der Waals surface area contributed by atoms with Crippen molar-refractivity contribution in [3.8, 4) is 5.69 Å². The van der Waals surface area contributed by atoms with Crippen molar-refractivity contribution in [2.75, 3.05) is 31.2 Å². The van der Waals surface area contributed by atoms with Crippen molar-refractivity contribution < 1.29 is 4.74 Å². The highest BCUT2D eigenvalue weighted by molar-refractivity contribution is 5.49. The Morgan fingerprint density at radius 1 is 0.920 bits per heavy atom. The average molecular weight is 336 g/mol. The molecule has 3 aromatic rings. The summed E-state index contributed by atoms with van der Waals surface area (Å²) in [6.07, 6.45) is 0. The normalized spacial score (nSPS) is 16.0. The molecule has 7 heteroatoms. The lowest BCUT2D eigenvalue weighted by atomic mass is 10.1. The van der Waals surface area contributed by atoms with Crippen molar-refractivity contribution in [2.24, 2.45) is 5.73 Å². The highest BCUT2D eigenvalue weighted by Crippen LogP contribution is 2.23. The molecule has 4 rings (SSSR count). The minimum atomic E-state index is -0.394. The molecular weight excluding hydrogens is 316 g/mol. The molecule has 0 aliphatic carbocycles. The lowest BCUT2D eigenvalue weighted by molar-refractivity contribution is 0.122. The monoisotopic (exact) mass is 336 g/mol. The highest BCUT2D eigenvalue weighted by Gasteiger charge is 2.19. The van der Waals surface area contributed by atoms with Crippen molar-refractivity contribution in [2.45, 2.75) is 6.04 Å². The molecule has 1 atom stereocenters. The van der Waals surface area contributed by atoms with Gasteiger partial charge in [0.25, 0.3) is 0 Å². The Morgan fingerprint density at radius 2 is 1.64 bits per heavy atom. The molecule has 0 saturated carbocycles. The summed E-state index contributed by atoms with van der Waals surface area (Å²) >= 11 is 0. The van der Waals surface area contributed by atoms with Crippen LogP contribution in [-0.4, -0.2) is 46.5 Å². The number of tetrazole rings is 1. The molecule has 25 heavy (non-hydrogen) atoms. The van der Waals surface area contributed by atoms with E-state index in [1.807, 2.05) is 42.5 Å². The molecule has 2 N–H and O–H groups in total. The fourth-order valence-electron chi connectivity index (χ4n) is 3.00. The van der Waals surface area contributed by atoms with Crippen LogP contribution in [0.15, 0.2) is 54.6 Å². The van der Waals surface area contributed by atoms with Crippen molar-refractivity contribution in [1.29, 1.82) is 0 Å². The van der Waals surface area contributed by atoms with Crippen LogP contribution in [0.3, 0.4) is 0 Å². The van der Waals surface area contributed by atoms with Gasteiger partial charge in [0, 0.05) is 18.8 Å². The van der Waals surface area contributed by atoms with Crippen LogP contribution < -0.4 is 10.6 Å². The first-order valence-electron chi connectivity index (χ1n) is 8.35. The maximum Gasteiger partial charge on any atom is 0.177 e. The van der Waals surface area contributed by atoms with E-state index in [-0.39, 0.29) is 0 Å². The topological polar surface area (TPSA) is 82.1 Å². The fraction of sp³-hybridized carbons (Fsp3) is 0.278. The average Bonchev–Trinajstić information content (AvgIpc) is 3.19. The van der Waals surface area contributed by atoms with E-state index in [0.29, 0.717) is 5.82 Å². The second-order valence-corrected chi connectivity index (χ2v) is 5.95. The third-order valence-corrected chi connectivity index (χ3v) is 4.40. The Labute approximate surface area is 146 Å². The SMILES string of the molecule is NC(c1ccc(N2CCOCC2)cc1)c1nnnn1-c1ccccc1. The second kappa shape index (κ2) is 7.00. The second-order valence-electron chi connectivity index (χ2n) is 5.95. The molecule has 2 aromatic carbocycles. The molecule has 1 aromatic heterocycles. The number of rotatable bonds is 4. The third kappa shape index (κ3) is 3.24. The zero-order valence-corrected chi connectivity index (χ0v) is 13.8. The highest BCUT2D eigenvalue weighted by atomic mass is 16.5. The molecule has 0 spiro atoms. The van der Waals surface area contributed by atoms with Crippen LogP contribution in [-0.2, 0) is 4.74 Å². The van der Waals surface area contributed by atoms with Gasteiger partial charge in [-0.1, -0.05) is 30.3 Å². The van der Waals surface area contributed by atoms with E-state index in [1.165, 1.54) is 5.69 Å². The van der Waals surface area contributed by atoms with Crippen LogP contribution in [0.1, 0.15) is 17.4 Å². The van der Waals surface area contributed by atoms with Gasteiger partial charge >= 0.3 is 0 Å². The van der Waals surface area contributed by atoms with E-state index < -0.39 is 6.04 Å². The van der Waals surface area contributed by atoms with E-state index in [9.17, 15) is 0 Å². The zero-order chi connectivity index (χ0) is 17.1. The standard InChI is InChI=1S/C18H20N6O/c19-17(18-20-21-22-24(18)16-4-2-1-3-5-16)14-6-8-15(9-7-14)23-10-12-25-13-11-23/h1-9,17H,10-13,19H2. The number of nitrogens with zero attached hydrogens (tertiary/aromatic N) is 5. The minimum Gasteiger partial charge on any atom is -0.378 e. The summed E-state index contributed by atoms with van der Waals surface area (Å²) in [6.45, 7) is 3.37. The first-order chi connectivity index (χ1) is 12.3. The van der Waals surface area contributed by atoms with Crippen molar-refractivity contribution in [3.05, 3.63) is 66.0 Å². The number of benzene rings is 2. The maximum absolute atomic E-state index is 6.43. The van der Waals surface area contributed by atoms with Crippen molar-refractivity contribution in [3.63, 3.8) is 0 Å². The Morgan fingerprint density at radius 3 is 2.36 bits per heavy atom. The molecule has 0 radical (unpaired) electrons. The molecule has 7 nitrogen and oxygen atoms in total. The number of anilines is 1. The number of ether oxygens (including phenoxy) is 1. The molecule has 1 aliphatic heterocycles. The predicted octanol–water partition coefficient (Wildman–Crippen LogP) is 1.55. The summed E-state index contributed by atoms with van der Waals surface area (Å²) in [6, 6.07) is 17.6. The quantitative estimate of drug-likeness (QED) is 0.778. The lowest BCUT2D eigenvalue weighted by Crippen LogP contribution is -2.36. The number of hydrogen-bond donors (Lipinski definition) is 1. The number of morpholine rings is 1. The minimum absolute atomic E-state index is 0.394. The van der Waals surface area contributed by atoms with Crippen molar-refractivity contribution >= 4 is 5.69 Å². The first-order valence-corrected chi connectivity index (χ1v) is 8.35. The molecule has 0 bridgehead atoms. The van der Waals surface area contributed by atoms with Gasteiger partial charge in [0.1, 0.15) is 0 Å². The predicted molar refractivity (Wildman–Crippen MR) is 94.7 cm³/mol. The van der Waals surface area contributed by atoms with Gasteiger partial charge in [0.15, 0.2) is 5.82 Å². The molecular formula is C18H20N6O. The number of nitrogens with two attached hydrogens (primary N) is 1. The zero-order valence-electron chi connectivity index (χ0n) is 13.8. The first kappa shape index (κ1) is 15.7. The third-order valence-electron chi connectivity index (χ3n) is 4.40. The van der Waals surface area contributed by atoms with E-state index in [1.54, 1.807) is 4.68 Å². The van der Waals surface area contributed by atoms with E-state index in [2.05, 4.69) is 32.6 Å². The van der Waals surface area contributed by atoms with Crippen molar-refractivity contribution in [1.82, 2.24) is 20.2 Å². The van der Waals surface area contributed by atoms with Crippen LogP contribution in [0.5, 0.6) is 0 Å². The molecule has 2 heterocycles. The van der Waals surface area contributed by atoms with E-state index in [4.69, 9.17) is 10.5 Å². The summed E-state index contributed by atoms with van der Waals surface area (Å²) in [7, 11) is 0. The maximum atomic E-state index is 6.43. The van der Waals surface area contributed by atoms with E-state index >= 15 is 0 Å². The smallest absolute Gasteiger partial charge is 0.177 e. The number of para-hydroxylation sites is 1. The van der Waals surface area contributed by atoms with E-state index in [0.717, 1.165) is 37.6 Å².